The van der Waals surface area contributed by atoms with Crippen LogP contribution in [-0.2, 0) is 19.1 Å². The fourth-order valence-electron chi connectivity index (χ4n) is 1.29. The Kier molecular flexibility index (Phi) is 6.64. The summed E-state index contributed by atoms with van der Waals surface area (Å²) in [6, 6.07) is -1.73. The quantitative estimate of drug-likeness (QED) is 0.604. The lowest BCUT2D eigenvalue weighted by atomic mass is 10.0. The van der Waals surface area contributed by atoms with E-state index in [1.807, 2.05) is 0 Å². The van der Waals surface area contributed by atoms with E-state index < -0.39 is 47.9 Å². The van der Waals surface area contributed by atoms with Gasteiger partial charge in [0, 0.05) is 12.0 Å². The number of esters is 1. The molecule has 0 saturated carbocycles. The Bertz CT molecular complexity index is 373. The highest BCUT2D eigenvalue weighted by molar-refractivity contribution is 5.88. The Hall–Kier alpha value is -1.63. The van der Waals surface area contributed by atoms with Gasteiger partial charge in [0.05, 0.1) is 6.42 Å². The summed E-state index contributed by atoms with van der Waals surface area (Å²) in [7, 11) is 0. The minimum atomic E-state index is -1.32. The Morgan fingerprint density at radius 1 is 1.25 bits per heavy atom. The van der Waals surface area contributed by atoms with Crippen LogP contribution in [0.4, 0.5) is 0 Å². The molecule has 7 nitrogen and oxygen atoms in total. The summed E-state index contributed by atoms with van der Waals surface area (Å²) in [6.07, 6.45) is -0.427. The number of amides is 1. The van der Waals surface area contributed by atoms with E-state index in [0.717, 1.165) is 0 Å². The second kappa shape index (κ2) is 7.23. The van der Waals surface area contributed by atoms with Crippen LogP contribution >= 0.6 is 0 Å². The van der Waals surface area contributed by atoms with Gasteiger partial charge in [-0.25, -0.2) is 4.79 Å². The van der Waals surface area contributed by atoms with Gasteiger partial charge in [-0.15, -0.1) is 0 Å². The molecule has 116 valence electrons. The minimum absolute atomic E-state index is 0.411. The van der Waals surface area contributed by atoms with Crippen molar-refractivity contribution in [1.82, 2.24) is 5.32 Å². The largest absolute Gasteiger partial charge is 0.480 e. The summed E-state index contributed by atoms with van der Waals surface area (Å²) in [4.78, 5) is 34.4. The van der Waals surface area contributed by atoms with Crippen molar-refractivity contribution in [2.75, 3.05) is 0 Å². The molecule has 7 heteroatoms. The zero-order valence-electron chi connectivity index (χ0n) is 12.6. The lowest BCUT2D eigenvalue weighted by Crippen LogP contribution is -2.47. The molecule has 4 N–H and O–H groups in total. The van der Waals surface area contributed by atoms with Gasteiger partial charge < -0.3 is 20.9 Å². The molecule has 1 amide bonds. The van der Waals surface area contributed by atoms with E-state index in [9.17, 15) is 14.4 Å². The van der Waals surface area contributed by atoms with E-state index in [2.05, 4.69) is 5.32 Å². The number of carbonyl (C=O) groups excluding carboxylic acids is 2. The Balaban J connectivity index is 4.64. The maximum Gasteiger partial charge on any atom is 0.326 e. The minimum Gasteiger partial charge on any atom is -0.480 e. The summed E-state index contributed by atoms with van der Waals surface area (Å²) in [5.74, 6) is -3.02. The van der Waals surface area contributed by atoms with Crippen molar-refractivity contribution < 1.29 is 24.2 Å². The molecular formula is C13H24N2O5. The maximum atomic E-state index is 11.8. The molecule has 2 unspecified atom stereocenters. The van der Waals surface area contributed by atoms with Crippen molar-refractivity contribution in [2.24, 2.45) is 11.7 Å². The summed E-state index contributed by atoms with van der Waals surface area (Å²) in [5.41, 5.74) is 4.87. The molecule has 0 bridgehead atoms. The number of nitrogens with two attached hydrogens (primary N) is 1. The SMILES string of the molecule is CC(N)C(C)C(=O)N[C@@H](CC(=O)OC(C)(C)C)C(=O)O. The van der Waals surface area contributed by atoms with Crippen molar-refractivity contribution in [3.8, 4) is 0 Å². The maximum absolute atomic E-state index is 11.8. The Labute approximate surface area is 118 Å². The molecule has 0 aromatic rings. The molecule has 0 aromatic carbocycles. The first-order valence-electron chi connectivity index (χ1n) is 6.44. The highest BCUT2D eigenvalue weighted by Crippen LogP contribution is 2.10. The number of carboxylic acid groups (broad SMARTS) is 1. The second-order valence-corrected chi connectivity index (χ2v) is 5.84. The molecule has 0 rings (SSSR count). The van der Waals surface area contributed by atoms with Crippen LogP contribution in [0.3, 0.4) is 0 Å². The lowest BCUT2D eigenvalue weighted by Gasteiger charge is -2.22. The van der Waals surface area contributed by atoms with Crippen LogP contribution in [0.15, 0.2) is 0 Å². The van der Waals surface area contributed by atoms with Crippen molar-refractivity contribution in [3.63, 3.8) is 0 Å². The zero-order valence-corrected chi connectivity index (χ0v) is 12.6. The third-order valence-electron chi connectivity index (χ3n) is 2.61. The third kappa shape index (κ3) is 7.08. The first kappa shape index (κ1) is 18.4. The van der Waals surface area contributed by atoms with Gasteiger partial charge in [0.1, 0.15) is 11.6 Å². The van der Waals surface area contributed by atoms with E-state index in [1.165, 1.54) is 0 Å². The molecule has 3 atom stereocenters. The van der Waals surface area contributed by atoms with Crippen molar-refractivity contribution >= 4 is 17.8 Å². The summed E-state index contributed by atoms with van der Waals surface area (Å²) >= 11 is 0. The highest BCUT2D eigenvalue weighted by atomic mass is 16.6. The van der Waals surface area contributed by atoms with E-state index >= 15 is 0 Å². The lowest BCUT2D eigenvalue weighted by molar-refractivity contribution is -0.158. The standard InChI is InChI=1S/C13H24N2O5/c1-7(8(2)14)11(17)15-9(12(18)19)6-10(16)20-13(3,4)5/h7-9H,6,14H2,1-5H3,(H,15,17)(H,18,19)/t7?,8?,9-/m0/s1. The van der Waals surface area contributed by atoms with Crippen LogP contribution in [0.5, 0.6) is 0 Å². The van der Waals surface area contributed by atoms with Crippen molar-refractivity contribution in [2.45, 2.75) is 58.7 Å². The number of carboxylic acids is 1. The summed E-state index contributed by atoms with van der Waals surface area (Å²) < 4.78 is 5.03. The Morgan fingerprint density at radius 2 is 1.75 bits per heavy atom. The monoisotopic (exact) mass is 288 g/mol. The molecule has 0 fully saturated rings. The molecule has 0 aliphatic carbocycles. The van der Waals surface area contributed by atoms with Crippen LogP contribution in [-0.4, -0.2) is 40.6 Å². The van der Waals surface area contributed by atoms with Crippen LogP contribution in [0.1, 0.15) is 41.0 Å². The molecule has 0 radical (unpaired) electrons. The topological polar surface area (TPSA) is 119 Å². The molecular weight excluding hydrogens is 264 g/mol. The van der Waals surface area contributed by atoms with Gasteiger partial charge in [-0.2, -0.15) is 0 Å². The van der Waals surface area contributed by atoms with E-state index in [0.29, 0.717) is 0 Å². The first-order valence-corrected chi connectivity index (χ1v) is 6.44. The van der Waals surface area contributed by atoms with Crippen molar-refractivity contribution in [3.05, 3.63) is 0 Å². The van der Waals surface area contributed by atoms with Crippen LogP contribution in [0, 0.1) is 5.92 Å². The molecule has 20 heavy (non-hydrogen) atoms. The number of carbonyl (C=O) groups is 3. The number of hydrogen-bond donors (Lipinski definition) is 3. The van der Waals surface area contributed by atoms with Crippen LogP contribution < -0.4 is 11.1 Å². The molecule has 0 aliphatic heterocycles. The molecule has 0 aliphatic rings. The smallest absolute Gasteiger partial charge is 0.326 e. The number of aliphatic carboxylic acids is 1. The number of rotatable bonds is 6. The average Bonchev–Trinajstić information content (AvgIpc) is 2.23. The average molecular weight is 288 g/mol. The van der Waals surface area contributed by atoms with Gasteiger partial charge in [0.2, 0.25) is 5.91 Å². The Morgan fingerprint density at radius 3 is 2.10 bits per heavy atom. The number of hydrogen-bond acceptors (Lipinski definition) is 5. The van der Waals surface area contributed by atoms with Crippen LogP contribution in [0.2, 0.25) is 0 Å². The predicted molar refractivity (Wildman–Crippen MR) is 72.8 cm³/mol. The molecule has 0 aromatic heterocycles. The third-order valence-corrected chi connectivity index (χ3v) is 2.61. The van der Waals surface area contributed by atoms with Gasteiger partial charge in [-0.05, 0) is 27.7 Å². The fourth-order valence-corrected chi connectivity index (χ4v) is 1.29. The van der Waals surface area contributed by atoms with Crippen molar-refractivity contribution in [1.29, 1.82) is 0 Å². The van der Waals surface area contributed by atoms with E-state index in [-0.39, 0.29) is 0 Å². The summed E-state index contributed by atoms with van der Waals surface area (Å²) in [5, 5.41) is 11.3. The van der Waals surface area contributed by atoms with E-state index in [1.54, 1.807) is 34.6 Å². The normalized spacial score (nSPS) is 15.9. The summed E-state index contributed by atoms with van der Waals surface area (Å²) in [6.45, 7) is 8.27. The van der Waals surface area contributed by atoms with Gasteiger partial charge in [-0.1, -0.05) is 6.92 Å². The van der Waals surface area contributed by atoms with E-state index in [4.69, 9.17) is 15.6 Å². The molecule has 0 heterocycles. The number of ether oxygens (including phenoxy) is 1. The molecule has 0 spiro atoms. The second-order valence-electron chi connectivity index (χ2n) is 5.84. The number of nitrogens with one attached hydrogen (secondary N) is 1. The fraction of sp³-hybridized carbons (Fsp3) is 0.769. The van der Waals surface area contributed by atoms with Gasteiger partial charge >= 0.3 is 11.9 Å². The molecule has 0 saturated heterocycles. The zero-order chi connectivity index (χ0) is 16.1. The van der Waals surface area contributed by atoms with Crippen LogP contribution in [0.25, 0.3) is 0 Å². The predicted octanol–water partition coefficient (Wildman–Crippen LogP) is 0.271. The highest BCUT2D eigenvalue weighted by Gasteiger charge is 2.28. The van der Waals surface area contributed by atoms with Gasteiger partial charge in [0.25, 0.3) is 0 Å². The van der Waals surface area contributed by atoms with Gasteiger partial charge in [-0.3, -0.25) is 9.59 Å². The first-order chi connectivity index (χ1) is 8.94. The van der Waals surface area contributed by atoms with Gasteiger partial charge in [0.15, 0.2) is 0 Å².